The average Bonchev–Trinajstić information content (AvgIpc) is 0.751. The highest BCUT2D eigenvalue weighted by Crippen LogP contribution is 2.48. The van der Waals surface area contributed by atoms with E-state index in [-0.39, 0.29) is 66.2 Å². The van der Waals surface area contributed by atoms with Gasteiger partial charge in [-0.05, 0) is 170 Å². The van der Waals surface area contributed by atoms with Gasteiger partial charge in [0.25, 0.3) is 0 Å². The number of alkyl halides is 3. The number of halogens is 7. The third kappa shape index (κ3) is 18.4. The minimum atomic E-state index is -5.85. The van der Waals surface area contributed by atoms with Gasteiger partial charge in [-0.1, -0.05) is 96.9 Å². The van der Waals surface area contributed by atoms with Crippen LogP contribution < -0.4 is 19.3 Å². The molecule has 4 heterocycles. The summed E-state index contributed by atoms with van der Waals surface area (Å²) in [5.41, 5.74) is -0.806. The minimum Gasteiger partial charge on any atom is -0.481 e. The largest absolute Gasteiger partial charge is 0.534 e. The van der Waals surface area contributed by atoms with Gasteiger partial charge in [0.05, 0.1) is 93.0 Å². The summed E-state index contributed by atoms with van der Waals surface area (Å²) in [5, 5.41) is 33.6. The van der Waals surface area contributed by atoms with Crippen molar-refractivity contribution in [3.8, 4) is 18.1 Å². The van der Waals surface area contributed by atoms with Crippen LogP contribution in [0.3, 0.4) is 0 Å². The number of carboxylic acid groups (broad SMARTS) is 1. The fourth-order valence-electron chi connectivity index (χ4n) is 12.1. The van der Waals surface area contributed by atoms with Crippen molar-refractivity contribution in [1.82, 2.24) is 10.2 Å². The zero-order valence-electron chi connectivity index (χ0n) is 53.2. The third-order valence-electron chi connectivity index (χ3n) is 17.7. The van der Waals surface area contributed by atoms with Crippen LogP contribution in [0.5, 0.6) is 5.75 Å². The summed E-state index contributed by atoms with van der Waals surface area (Å²) >= 11 is 0. The van der Waals surface area contributed by atoms with E-state index in [4.69, 9.17) is 25.7 Å². The molecule has 0 saturated carbocycles. The number of likely N-dealkylation sites (N-methyl/N-ethyl adjacent to an activating group) is 1. The number of nitrogens with zero attached hydrogens (tertiary/aromatic N) is 3. The summed E-state index contributed by atoms with van der Waals surface area (Å²) in [6, 6.07) is 43.5. The van der Waals surface area contributed by atoms with Gasteiger partial charge in [0.1, 0.15) is 35.6 Å². The van der Waals surface area contributed by atoms with Crippen LogP contribution in [0.15, 0.2) is 176 Å². The maximum Gasteiger partial charge on any atom is 0.534 e. The van der Waals surface area contributed by atoms with Crippen molar-refractivity contribution < 1.29 is 92.0 Å². The Bertz CT molecular complexity index is 3980. The van der Waals surface area contributed by atoms with Crippen molar-refractivity contribution >= 4 is 45.2 Å². The van der Waals surface area contributed by atoms with Crippen molar-refractivity contribution in [2.24, 2.45) is 11.8 Å². The highest BCUT2D eigenvalue weighted by Gasteiger charge is 2.51. The summed E-state index contributed by atoms with van der Waals surface area (Å²) in [6.07, 6.45) is 6.64. The van der Waals surface area contributed by atoms with Gasteiger partial charge >= 0.3 is 27.6 Å². The van der Waals surface area contributed by atoms with Crippen LogP contribution in [-0.2, 0) is 56.5 Å². The van der Waals surface area contributed by atoms with Gasteiger partial charge in [-0.3, -0.25) is 24.1 Å². The van der Waals surface area contributed by atoms with Crippen molar-refractivity contribution in [2.45, 2.75) is 98.9 Å². The predicted molar refractivity (Wildman–Crippen MR) is 348 cm³/mol. The molecule has 0 unspecified atom stereocenters. The van der Waals surface area contributed by atoms with E-state index < -0.39 is 68.7 Å². The normalized spacial score (nSPS) is 18.9. The van der Waals surface area contributed by atoms with Gasteiger partial charge in [-0.15, -0.1) is 6.42 Å². The first kappa shape index (κ1) is 73.3. The lowest BCUT2D eigenvalue weighted by atomic mass is 9.78. The Morgan fingerprint density at radius 3 is 1.51 bits per heavy atom. The molecular formula is C73H73F7N4O13S. The standard InChI is InChI=1S/C32H34F2N2O5.C25H20F5NO5S.C16H19NO3/c33-24-9-7-22(8-10-24)28(37)16-15-27-30(36(31(27)40)26-13-11-25(34)12-14-26)23-5-3-21(4-6-23)2-1-17-35-32(18-29(38)39)19-41-20-32;26-17-5-1-15(2-6-17)22(32)14-13-21-23(31(24(21)33)19-9-7-18(27)8-10-19)16-3-11-20(12-4-16)36-37(34,35)25(28,29)30;1-3-9-17(2)16(12-19-13-16)10-15(18)20-11-14-7-5-4-6-8-14/h3-14,27-28,30,35,37H,1-2,15-20H2,(H,38,39);1-12,21-23,32H,13-14H2;1,4-8H,9-13H2,2H3/t27-,28+,30-;21-,22+,23-;/m11./s1. The molecule has 0 bridgehead atoms. The van der Waals surface area contributed by atoms with E-state index in [1.807, 2.05) is 66.5 Å². The topological polar surface area (TPSA) is 222 Å². The summed E-state index contributed by atoms with van der Waals surface area (Å²) in [7, 11) is -3.94. The number of aliphatic hydroxyl groups excluding tert-OH is 2. The van der Waals surface area contributed by atoms with Gasteiger partial charge in [-0.25, -0.2) is 17.6 Å². The van der Waals surface area contributed by atoms with Gasteiger partial charge < -0.3 is 48.8 Å². The maximum absolute atomic E-state index is 13.6. The van der Waals surface area contributed by atoms with Crippen LogP contribution in [-0.4, -0.2) is 116 Å². The molecule has 0 aromatic heterocycles. The van der Waals surface area contributed by atoms with Gasteiger partial charge in [0.15, 0.2) is 0 Å². The second kappa shape index (κ2) is 32.6. The Morgan fingerprint density at radius 1 is 0.653 bits per heavy atom. The smallest absolute Gasteiger partial charge is 0.481 e. The van der Waals surface area contributed by atoms with Crippen molar-refractivity contribution in [3.63, 3.8) is 0 Å². The Balaban J connectivity index is 0.000000182. The zero-order valence-corrected chi connectivity index (χ0v) is 54.0. The van der Waals surface area contributed by atoms with E-state index >= 15 is 0 Å². The molecule has 7 aromatic rings. The predicted octanol–water partition coefficient (Wildman–Crippen LogP) is 11.8. The Morgan fingerprint density at radius 2 is 1.10 bits per heavy atom. The number of ether oxygens (including phenoxy) is 3. The summed E-state index contributed by atoms with van der Waals surface area (Å²) in [4.78, 5) is 54.5. The first-order chi connectivity index (χ1) is 46.8. The molecule has 4 N–H and O–H groups in total. The van der Waals surface area contributed by atoms with Crippen LogP contribution in [0.4, 0.5) is 42.1 Å². The Labute approximate surface area is 562 Å². The first-order valence-electron chi connectivity index (χ1n) is 31.5. The van der Waals surface area contributed by atoms with E-state index in [0.717, 1.165) is 41.7 Å². The van der Waals surface area contributed by atoms with E-state index in [9.17, 15) is 68.5 Å². The van der Waals surface area contributed by atoms with Crippen LogP contribution in [0.1, 0.15) is 103 Å². The molecule has 518 valence electrons. The number of amides is 2. The number of nitrogens with one attached hydrogen (secondary N) is 1. The number of esters is 1. The number of aliphatic hydroxyl groups is 2. The molecule has 4 saturated heterocycles. The molecule has 4 aliphatic rings. The van der Waals surface area contributed by atoms with Gasteiger partial charge in [0, 0.05) is 11.4 Å². The highest BCUT2D eigenvalue weighted by atomic mass is 32.2. The molecular weight excluding hydrogens is 1310 g/mol. The second-order valence-electron chi connectivity index (χ2n) is 24.5. The first-order valence-corrected chi connectivity index (χ1v) is 32.9. The number of carbonyl (C=O) groups excluding carboxylic acids is 3. The van der Waals surface area contributed by atoms with Crippen LogP contribution in [0, 0.1) is 47.4 Å². The minimum absolute atomic E-state index is 0.0362. The third-order valence-corrected chi connectivity index (χ3v) is 18.6. The number of benzene rings is 7. The van der Waals surface area contributed by atoms with Gasteiger partial charge in [0.2, 0.25) is 11.8 Å². The molecule has 98 heavy (non-hydrogen) atoms. The summed E-state index contributed by atoms with van der Waals surface area (Å²) < 4.78 is 134. The lowest BCUT2D eigenvalue weighted by Crippen LogP contribution is -2.62. The molecule has 17 nitrogen and oxygen atoms in total. The number of rotatable bonds is 27. The summed E-state index contributed by atoms with van der Waals surface area (Å²) in [6.45, 7) is 3.32. The number of anilines is 2. The lowest BCUT2D eigenvalue weighted by Gasteiger charge is -2.48. The van der Waals surface area contributed by atoms with Crippen molar-refractivity contribution in [3.05, 3.63) is 233 Å². The second-order valence-corrected chi connectivity index (χ2v) is 26.1. The molecule has 7 aromatic carbocycles. The molecule has 11 rings (SSSR count). The molecule has 0 radical (unpaired) electrons. The number of hydrogen-bond donors (Lipinski definition) is 4. The summed E-state index contributed by atoms with van der Waals surface area (Å²) in [5.74, 6) is -2.18. The maximum atomic E-state index is 13.6. The average molecular weight is 1380 g/mol. The molecule has 4 aliphatic heterocycles. The number of terminal acetylenes is 1. The van der Waals surface area contributed by atoms with Crippen LogP contribution in [0.2, 0.25) is 0 Å². The molecule has 2 amide bonds. The Hall–Kier alpha value is -9.00. The number of carbonyl (C=O) groups is 4. The fraction of sp³-hybridized carbons (Fsp3) is 0.342. The number of hydrogen-bond acceptors (Lipinski definition) is 14. The van der Waals surface area contributed by atoms with Gasteiger partial charge in [-0.2, -0.15) is 21.6 Å². The monoisotopic (exact) mass is 1380 g/mol. The zero-order chi connectivity index (χ0) is 70.4. The van der Waals surface area contributed by atoms with Crippen LogP contribution in [0.25, 0.3) is 0 Å². The SMILES string of the molecule is C#CCN(C)C1(CC(=O)OCc2ccccc2)COC1.O=C(O)CC1(NCCCc2ccc([C@@H]3[C@@H](CC[C@H](O)c4ccc(F)cc4)C(=O)N3c3ccc(F)cc3)cc2)COC1.O=C1[C@H](CC[C@H](O)c2ccc(F)cc2)[C@@H](c2ccc(OS(=O)(=O)C(F)(F)F)cc2)N1c1ccc(F)cc1. The van der Waals surface area contributed by atoms with E-state index in [2.05, 4.69) is 15.4 Å². The van der Waals surface area contributed by atoms with E-state index in [0.29, 0.717) is 93.5 Å². The molecule has 4 fully saturated rings. The Kier molecular flexibility index (Phi) is 24.3. The van der Waals surface area contributed by atoms with Crippen molar-refractivity contribution in [2.75, 3.05) is 56.4 Å². The quantitative estimate of drug-likeness (QED) is 0.00715. The molecule has 25 heteroatoms. The van der Waals surface area contributed by atoms with E-state index in [1.54, 1.807) is 29.2 Å². The van der Waals surface area contributed by atoms with E-state index in [1.165, 1.54) is 89.8 Å². The number of aliphatic carboxylic acids is 1. The fourth-order valence-corrected chi connectivity index (χ4v) is 12.5. The van der Waals surface area contributed by atoms with Crippen LogP contribution >= 0.6 is 0 Å². The molecule has 0 aliphatic carbocycles. The lowest BCUT2D eigenvalue weighted by molar-refractivity contribution is -0.166. The molecule has 6 atom stereocenters. The number of β-lactam (4-membered cyclic amide) rings is 2. The number of carboxylic acids is 1. The molecule has 0 spiro atoms. The highest BCUT2D eigenvalue weighted by molar-refractivity contribution is 7.88. The van der Waals surface area contributed by atoms with Crippen molar-refractivity contribution in [1.29, 1.82) is 0 Å². The number of aryl methyl sites for hydroxylation is 1.